The summed E-state index contributed by atoms with van der Waals surface area (Å²) in [6.45, 7) is 0. The lowest BCUT2D eigenvalue weighted by Gasteiger charge is -2.03. The van der Waals surface area contributed by atoms with Gasteiger partial charge in [0.05, 0.1) is 5.69 Å². The number of nitrogen functional groups attached to an aromatic ring is 1. The number of nitrogens with zero attached hydrogens (tertiary/aromatic N) is 2. The fourth-order valence-corrected chi connectivity index (χ4v) is 1.80. The van der Waals surface area contributed by atoms with Gasteiger partial charge >= 0.3 is 0 Å². The Balaban J connectivity index is 2.14. The summed E-state index contributed by atoms with van der Waals surface area (Å²) in [6.07, 6.45) is 3.62. The summed E-state index contributed by atoms with van der Waals surface area (Å²) in [7, 11) is 0. The van der Waals surface area contributed by atoms with Crippen LogP contribution in [0.3, 0.4) is 0 Å². The molecule has 0 fully saturated rings. The average molecular weight is 221 g/mol. The highest BCUT2D eigenvalue weighted by atomic mass is 14.8. The van der Waals surface area contributed by atoms with Crippen molar-refractivity contribution in [2.24, 2.45) is 0 Å². The Morgan fingerprint density at radius 2 is 1.65 bits per heavy atom. The number of anilines is 1. The van der Waals surface area contributed by atoms with Gasteiger partial charge in [0, 0.05) is 23.3 Å². The largest absolute Gasteiger partial charge is 0.384 e. The van der Waals surface area contributed by atoms with Gasteiger partial charge in [-0.15, -0.1) is 0 Å². The van der Waals surface area contributed by atoms with E-state index >= 15 is 0 Å². The van der Waals surface area contributed by atoms with Crippen LogP contribution in [0.5, 0.6) is 0 Å². The summed E-state index contributed by atoms with van der Waals surface area (Å²) in [5, 5.41) is 2.31. The molecule has 0 aliphatic rings. The van der Waals surface area contributed by atoms with Gasteiger partial charge in [-0.1, -0.05) is 24.3 Å². The van der Waals surface area contributed by atoms with Crippen LogP contribution >= 0.6 is 0 Å². The Labute approximate surface area is 98.9 Å². The lowest BCUT2D eigenvalue weighted by molar-refractivity contribution is 1.30. The number of benzene rings is 1. The first-order valence-corrected chi connectivity index (χ1v) is 5.40. The molecular weight excluding hydrogens is 210 g/mol. The van der Waals surface area contributed by atoms with Crippen LogP contribution in [0, 0.1) is 0 Å². The van der Waals surface area contributed by atoms with E-state index in [4.69, 9.17) is 5.73 Å². The van der Waals surface area contributed by atoms with Crippen LogP contribution in [-0.4, -0.2) is 9.97 Å². The van der Waals surface area contributed by atoms with Crippen molar-refractivity contribution in [3.05, 3.63) is 54.9 Å². The Morgan fingerprint density at radius 1 is 0.824 bits per heavy atom. The molecule has 0 radical (unpaired) electrons. The van der Waals surface area contributed by atoms with Crippen molar-refractivity contribution in [3.63, 3.8) is 0 Å². The minimum Gasteiger partial charge on any atom is -0.384 e. The average Bonchev–Trinajstić information content (AvgIpc) is 2.39. The van der Waals surface area contributed by atoms with Crippen molar-refractivity contribution in [1.82, 2.24) is 9.97 Å². The van der Waals surface area contributed by atoms with Crippen molar-refractivity contribution in [2.75, 3.05) is 5.73 Å². The van der Waals surface area contributed by atoms with Gasteiger partial charge in [0.15, 0.2) is 0 Å². The molecule has 0 amide bonds. The lowest BCUT2D eigenvalue weighted by Crippen LogP contribution is -1.90. The fraction of sp³-hybridized carbons (Fsp3) is 0. The molecule has 2 aromatic heterocycles. The van der Waals surface area contributed by atoms with Crippen LogP contribution < -0.4 is 5.73 Å². The zero-order valence-corrected chi connectivity index (χ0v) is 9.17. The van der Waals surface area contributed by atoms with Crippen LogP contribution in [0.15, 0.2) is 54.9 Å². The van der Waals surface area contributed by atoms with Crippen molar-refractivity contribution in [3.8, 4) is 11.3 Å². The molecule has 0 unspecified atom stereocenters. The summed E-state index contributed by atoms with van der Waals surface area (Å²) in [6, 6.07) is 13.9. The smallest absolute Gasteiger partial charge is 0.123 e. The highest BCUT2D eigenvalue weighted by molar-refractivity contribution is 5.85. The maximum atomic E-state index is 5.56. The Kier molecular flexibility index (Phi) is 2.22. The van der Waals surface area contributed by atoms with Crippen LogP contribution in [0.4, 0.5) is 5.82 Å². The molecule has 3 heteroatoms. The molecule has 0 aliphatic carbocycles. The van der Waals surface area contributed by atoms with Crippen LogP contribution in [-0.2, 0) is 0 Å². The molecular formula is C14H11N3. The topological polar surface area (TPSA) is 51.8 Å². The molecule has 0 bridgehead atoms. The quantitative estimate of drug-likeness (QED) is 0.687. The predicted octanol–water partition coefficient (Wildman–Crippen LogP) is 2.88. The first-order chi connectivity index (χ1) is 8.33. The van der Waals surface area contributed by atoms with Gasteiger partial charge in [0.25, 0.3) is 0 Å². The van der Waals surface area contributed by atoms with Gasteiger partial charge in [0.2, 0.25) is 0 Å². The maximum Gasteiger partial charge on any atom is 0.123 e. The summed E-state index contributed by atoms with van der Waals surface area (Å²) in [5.41, 5.74) is 7.45. The maximum absolute atomic E-state index is 5.56. The molecule has 3 rings (SSSR count). The number of nitrogens with two attached hydrogens (primary N) is 1. The molecule has 0 saturated heterocycles. The number of pyridine rings is 2. The molecule has 2 heterocycles. The number of hydrogen-bond acceptors (Lipinski definition) is 3. The Hall–Kier alpha value is -2.42. The number of rotatable bonds is 1. The fourth-order valence-electron chi connectivity index (χ4n) is 1.80. The van der Waals surface area contributed by atoms with E-state index in [-0.39, 0.29) is 0 Å². The van der Waals surface area contributed by atoms with Crippen molar-refractivity contribution in [2.45, 2.75) is 0 Å². The number of aromatic nitrogens is 2. The Morgan fingerprint density at radius 3 is 2.41 bits per heavy atom. The first kappa shape index (κ1) is 9.78. The van der Waals surface area contributed by atoms with E-state index in [0.29, 0.717) is 5.82 Å². The monoisotopic (exact) mass is 221 g/mol. The van der Waals surface area contributed by atoms with E-state index in [2.05, 4.69) is 22.1 Å². The van der Waals surface area contributed by atoms with Gasteiger partial charge in [-0.3, -0.25) is 4.98 Å². The third-order valence-electron chi connectivity index (χ3n) is 2.71. The van der Waals surface area contributed by atoms with E-state index in [0.717, 1.165) is 16.6 Å². The molecule has 3 nitrogen and oxygen atoms in total. The van der Waals surface area contributed by atoms with Crippen LogP contribution in [0.2, 0.25) is 0 Å². The minimum absolute atomic E-state index is 0.523. The van der Waals surface area contributed by atoms with E-state index < -0.39 is 0 Å². The molecule has 0 saturated carbocycles. The van der Waals surface area contributed by atoms with Gasteiger partial charge in [0.1, 0.15) is 5.82 Å². The summed E-state index contributed by atoms with van der Waals surface area (Å²) in [5.74, 6) is 0.523. The highest BCUT2D eigenvalue weighted by Crippen LogP contribution is 2.21. The number of fused-ring (bicyclic) bond motifs is 1. The second kappa shape index (κ2) is 3.87. The normalized spacial score (nSPS) is 10.6. The van der Waals surface area contributed by atoms with Crippen molar-refractivity contribution < 1.29 is 0 Å². The van der Waals surface area contributed by atoms with E-state index in [1.54, 1.807) is 12.3 Å². The molecule has 0 spiro atoms. The molecule has 0 aliphatic heterocycles. The third kappa shape index (κ3) is 1.83. The highest BCUT2D eigenvalue weighted by Gasteiger charge is 2.01. The predicted molar refractivity (Wildman–Crippen MR) is 69.4 cm³/mol. The minimum atomic E-state index is 0.523. The first-order valence-electron chi connectivity index (χ1n) is 5.40. The number of hydrogen-bond donors (Lipinski definition) is 1. The SMILES string of the molecule is Nc1ccc(-c2cc3ccccc3cn2)cn1. The van der Waals surface area contributed by atoms with Crippen LogP contribution in [0.1, 0.15) is 0 Å². The molecule has 0 atom stereocenters. The standard InChI is InChI=1S/C14H11N3/c15-14-6-5-12(9-17-14)13-7-10-3-1-2-4-11(10)8-16-13/h1-9H,(H2,15,17). The Bertz CT molecular complexity index is 660. The zero-order chi connectivity index (χ0) is 11.7. The summed E-state index contributed by atoms with van der Waals surface area (Å²) in [4.78, 5) is 8.50. The van der Waals surface area contributed by atoms with E-state index in [1.165, 1.54) is 5.39 Å². The van der Waals surface area contributed by atoms with Crippen molar-refractivity contribution in [1.29, 1.82) is 0 Å². The summed E-state index contributed by atoms with van der Waals surface area (Å²) >= 11 is 0. The van der Waals surface area contributed by atoms with Gasteiger partial charge in [-0.05, 0) is 23.6 Å². The molecule has 82 valence electrons. The van der Waals surface area contributed by atoms with E-state index in [9.17, 15) is 0 Å². The lowest BCUT2D eigenvalue weighted by atomic mass is 10.1. The zero-order valence-electron chi connectivity index (χ0n) is 9.17. The second-order valence-electron chi connectivity index (χ2n) is 3.89. The molecule has 2 N–H and O–H groups in total. The third-order valence-corrected chi connectivity index (χ3v) is 2.71. The van der Waals surface area contributed by atoms with Gasteiger partial charge < -0.3 is 5.73 Å². The molecule has 3 aromatic rings. The second-order valence-corrected chi connectivity index (χ2v) is 3.89. The summed E-state index contributed by atoms with van der Waals surface area (Å²) < 4.78 is 0. The van der Waals surface area contributed by atoms with Crippen LogP contribution in [0.25, 0.3) is 22.0 Å². The van der Waals surface area contributed by atoms with E-state index in [1.807, 2.05) is 30.5 Å². The molecule has 17 heavy (non-hydrogen) atoms. The van der Waals surface area contributed by atoms with Gasteiger partial charge in [-0.2, -0.15) is 0 Å². The van der Waals surface area contributed by atoms with Crippen molar-refractivity contribution >= 4 is 16.6 Å². The van der Waals surface area contributed by atoms with Gasteiger partial charge in [-0.25, -0.2) is 4.98 Å². The molecule has 1 aromatic carbocycles.